The highest BCUT2D eigenvalue weighted by Crippen LogP contribution is 2.43. The van der Waals surface area contributed by atoms with Gasteiger partial charge >= 0.3 is 6.18 Å². The number of fused-ring (bicyclic) bond motifs is 1. The Hall–Kier alpha value is -2.98. The van der Waals surface area contributed by atoms with Crippen molar-refractivity contribution in [3.05, 3.63) is 63.9 Å². The quantitative estimate of drug-likeness (QED) is 0.428. The lowest BCUT2D eigenvalue weighted by Gasteiger charge is -2.37. The molecule has 2 atom stereocenters. The molecular formula is C23H21ClF4N2O4. The summed E-state index contributed by atoms with van der Waals surface area (Å²) in [6.07, 6.45) is -7.05. The summed E-state index contributed by atoms with van der Waals surface area (Å²) >= 11 is 5.76. The van der Waals surface area contributed by atoms with Gasteiger partial charge in [-0.2, -0.15) is 13.2 Å². The third-order valence-corrected chi connectivity index (χ3v) is 5.95. The van der Waals surface area contributed by atoms with E-state index in [9.17, 15) is 32.3 Å². The van der Waals surface area contributed by atoms with Gasteiger partial charge in [0, 0.05) is 23.2 Å². The molecule has 2 N–H and O–H groups in total. The number of aliphatic hydroxyl groups is 1. The minimum atomic E-state index is -5.38. The second kappa shape index (κ2) is 8.99. The average molecular weight is 501 g/mol. The summed E-state index contributed by atoms with van der Waals surface area (Å²) in [6.45, 7) is 4.09. The number of benzene rings is 2. The number of halogens is 5. The van der Waals surface area contributed by atoms with Crippen LogP contribution >= 0.6 is 11.6 Å². The van der Waals surface area contributed by atoms with Gasteiger partial charge in [0.15, 0.2) is 6.29 Å². The predicted octanol–water partition coefficient (Wildman–Crippen LogP) is 5.07. The summed E-state index contributed by atoms with van der Waals surface area (Å²) in [5, 5.41) is 16.1. The molecule has 1 aliphatic heterocycles. The molecule has 2 aromatic carbocycles. The molecule has 0 aromatic heterocycles. The van der Waals surface area contributed by atoms with E-state index in [1.54, 1.807) is 6.92 Å². The van der Waals surface area contributed by atoms with Crippen molar-refractivity contribution >= 4 is 35.2 Å². The number of carbonyl (C=O) groups excluding carboxylic acids is 2. The van der Waals surface area contributed by atoms with Crippen LogP contribution in [0.4, 0.5) is 23.2 Å². The second-order valence-corrected chi connectivity index (χ2v) is 9.02. The van der Waals surface area contributed by atoms with Gasteiger partial charge in [-0.05, 0) is 36.1 Å². The molecule has 0 saturated carbocycles. The van der Waals surface area contributed by atoms with Crippen LogP contribution < -0.4 is 5.32 Å². The summed E-state index contributed by atoms with van der Waals surface area (Å²) in [4.78, 5) is 29.0. The third-order valence-electron chi connectivity index (χ3n) is 5.66. The van der Waals surface area contributed by atoms with Crippen molar-refractivity contribution in [2.45, 2.75) is 50.5 Å². The van der Waals surface area contributed by atoms with E-state index in [2.05, 4.69) is 10.5 Å². The normalized spacial score (nSPS) is 17.7. The first-order chi connectivity index (χ1) is 15.7. The fourth-order valence-corrected chi connectivity index (χ4v) is 4.01. The first kappa shape index (κ1) is 25.6. The molecule has 0 fully saturated rings. The van der Waals surface area contributed by atoms with Crippen LogP contribution in [0.2, 0.25) is 5.02 Å². The lowest BCUT2D eigenvalue weighted by atomic mass is 9.74. The lowest BCUT2D eigenvalue weighted by Crippen LogP contribution is -2.57. The summed E-state index contributed by atoms with van der Waals surface area (Å²) in [7, 11) is 0. The monoisotopic (exact) mass is 500 g/mol. The van der Waals surface area contributed by atoms with E-state index in [0.29, 0.717) is 23.1 Å². The van der Waals surface area contributed by atoms with E-state index in [1.807, 2.05) is 0 Å². The third kappa shape index (κ3) is 4.65. The number of anilines is 1. The molecule has 0 spiro atoms. The van der Waals surface area contributed by atoms with Gasteiger partial charge in [0.1, 0.15) is 5.82 Å². The molecule has 2 aromatic rings. The Kier molecular flexibility index (Phi) is 6.78. The topological polar surface area (TPSA) is 88.0 Å². The van der Waals surface area contributed by atoms with Crippen molar-refractivity contribution in [3.8, 4) is 0 Å². The van der Waals surface area contributed by atoms with Gasteiger partial charge in [0.25, 0.3) is 5.91 Å². The number of nitrogens with zero attached hydrogens (tertiary/aromatic N) is 1. The van der Waals surface area contributed by atoms with Crippen LogP contribution in [-0.2, 0) is 19.8 Å². The van der Waals surface area contributed by atoms with Gasteiger partial charge in [0.05, 0.1) is 10.7 Å². The van der Waals surface area contributed by atoms with Crippen LogP contribution in [0.3, 0.4) is 0 Å². The van der Waals surface area contributed by atoms with E-state index in [1.165, 1.54) is 50.2 Å². The largest absolute Gasteiger partial charge is 0.426 e. The Morgan fingerprint density at radius 3 is 2.56 bits per heavy atom. The maximum absolute atomic E-state index is 14.5. The highest BCUT2D eigenvalue weighted by molar-refractivity contribution is 6.30. The first-order valence-electron chi connectivity index (χ1n) is 10.1. The number of rotatable bonds is 6. The van der Waals surface area contributed by atoms with Crippen LogP contribution in [0.25, 0.3) is 0 Å². The van der Waals surface area contributed by atoms with Crippen molar-refractivity contribution in [3.63, 3.8) is 0 Å². The number of hydrogen-bond acceptors (Lipinski definition) is 5. The van der Waals surface area contributed by atoms with Crippen LogP contribution in [0.15, 0.2) is 41.6 Å². The molecule has 3 rings (SSSR count). The fraction of sp³-hybridized carbons (Fsp3) is 0.348. The van der Waals surface area contributed by atoms with E-state index < -0.39 is 41.4 Å². The Morgan fingerprint density at radius 1 is 1.26 bits per heavy atom. The summed E-state index contributed by atoms with van der Waals surface area (Å²) in [6, 6.07) is 7.84. The molecule has 1 amide bonds. The Bertz CT molecular complexity index is 1170. The SMILES string of the molecule is CC1=NOC(C=O)c2ccc(NC(=O)C(O)(CC(C)(C)c3cccc(Cl)c3F)C(F)(F)F)cc21. The number of oxime groups is 1. The van der Waals surface area contributed by atoms with Crippen LogP contribution in [-0.4, -0.2) is 34.8 Å². The Labute approximate surface area is 197 Å². The molecule has 0 aliphatic carbocycles. The molecule has 34 heavy (non-hydrogen) atoms. The number of carbonyl (C=O) groups is 2. The molecule has 0 bridgehead atoms. The molecule has 0 radical (unpaired) electrons. The lowest BCUT2D eigenvalue weighted by molar-refractivity contribution is -0.254. The van der Waals surface area contributed by atoms with Gasteiger partial charge in [-0.3, -0.25) is 9.59 Å². The predicted molar refractivity (Wildman–Crippen MR) is 117 cm³/mol. The van der Waals surface area contributed by atoms with E-state index in [0.717, 1.165) is 0 Å². The molecule has 182 valence electrons. The van der Waals surface area contributed by atoms with Crippen LogP contribution in [0.1, 0.15) is 50.0 Å². The maximum atomic E-state index is 14.5. The minimum absolute atomic E-state index is 0.0701. The average Bonchev–Trinajstić information content (AvgIpc) is 2.75. The maximum Gasteiger partial charge on any atom is 0.426 e. The molecule has 6 nitrogen and oxygen atoms in total. The van der Waals surface area contributed by atoms with Gasteiger partial charge in [0.2, 0.25) is 11.7 Å². The highest BCUT2D eigenvalue weighted by Gasteiger charge is 2.61. The highest BCUT2D eigenvalue weighted by atomic mass is 35.5. The summed E-state index contributed by atoms with van der Waals surface area (Å²) in [5.41, 5.74) is -4.60. The molecule has 1 heterocycles. The van der Waals surface area contributed by atoms with Crippen molar-refractivity contribution < 1.29 is 37.1 Å². The number of aldehydes is 1. The molecule has 1 aliphatic rings. The summed E-state index contributed by atoms with van der Waals surface area (Å²) in [5.74, 6) is -2.68. The van der Waals surface area contributed by atoms with Crippen molar-refractivity contribution in [1.29, 1.82) is 0 Å². The zero-order valence-electron chi connectivity index (χ0n) is 18.3. The van der Waals surface area contributed by atoms with E-state index >= 15 is 0 Å². The van der Waals surface area contributed by atoms with Crippen molar-refractivity contribution in [2.24, 2.45) is 5.16 Å². The van der Waals surface area contributed by atoms with Crippen LogP contribution in [0, 0.1) is 5.82 Å². The van der Waals surface area contributed by atoms with Gasteiger partial charge in [-0.1, -0.05) is 48.8 Å². The number of nitrogens with one attached hydrogen (secondary N) is 1. The minimum Gasteiger partial charge on any atom is -0.380 e. The molecule has 0 saturated heterocycles. The fourth-order valence-electron chi connectivity index (χ4n) is 3.84. The molecular weight excluding hydrogens is 480 g/mol. The first-order valence-corrected chi connectivity index (χ1v) is 10.4. The van der Waals surface area contributed by atoms with Gasteiger partial charge < -0.3 is 15.3 Å². The second-order valence-electron chi connectivity index (χ2n) is 8.62. The Balaban J connectivity index is 1.95. The summed E-state index contributed by atoms with van der Waals surface area (Å²) < 4.78 is 56.6. The molecule has 2 unspecified atom stereocenters. The number of alkyl halides is 3. The van der Waals surface area contributed by atoms with Gasteiger partial charge in [-0.25, -0.2) is 4.39 Å². The standard InChI is InChI=1S/C23H21ClF4N2O4/c1-12-15-9-13(7-8-14(15)18(10-31)34-30-12)29-20(32)22(33,23(26,27)28)11-21(2,3)16-5-4-6-17(24)19(16)25/h4-10,18,33H,11H2,1-3H3,(H,29,32). The van der Waals surface area contributed by atoms with E-state index in [4.69, 9.17) is 16.4 Å². The number of amides is 1. The van der Waals surface area contributed by atoms with Crippen LogP contribution in [0.5, 0.6) is 0 Å². The van der Waals surface area contributed by atoms with Gasteiger partial charge in [-0.15, -0.1) is 0 Å². The molecule has 11 heteroatoms. The van der Waals surface area contributed by atoms with E-state index in [-0.39, 0.29) is 16.3 Å². The van der Waals surface area contributed by atoms with Crippen molar-refractivity contribution in [1.82, 2.24) is 0 Å². The smallest absolute Gasteiger partial charge is 0.380 e. The zero-order chi connectivity index (χ0) is 25.5. The number of hydrogen-bond donors (Lipinski definition) is 2. The van der Waals surface area contributed by atoms with Crippen molar-refractivity contribution in [2.75, 3.05) is 5.32 Å². The Morgan fingerprint density at radius 2 is 1.94 bits per heavy atom. The zero-order valence-corrected chi connectivity index (χ0v) is 19.1.